The number of carboxylic acids is 1. The lowest BCUT2D eigenvalue weighted by atomic mass is 9.77. The molecule has 2 aliphatic heterocycles. The van der Waals surface area contributed by atoms with Crippen LogP contribution in [0.3, 0.4) is 0 Å². The molecule has 0 aromatic heterocycles. The van der Waals surface area contributed by atoms with Gasteiger partial charge >= 0.3 is 5.97 Å². The molecule has 86 valence electrons. The third-order valence-electron chi connectivity index (χ3n) is 3.70. The van der Waals surface area contributed by atoms with Crippen LogP contribution >= 0.6 is 0 Å². The topological polar surface area (TPSA) is 70.9 Å². The van der Waals surface area contributed by atoms with E-state index in [0.29, 0.717) is 18.4 Å². The molecule has 1 fully saturated rings. The fourth-order valence-electron chi connectivity index (χ4n) is 2.85. The lowest BCUT2D eigenvalue weighted by Crippen LogP contribution is -2.50. The van der Waals surface area contributed by atoms with E-state index in [4.69, 9.17) is 9.94 Å². The average Bonchev–Trinajstić information content (AvgIpc) is 2.73. The zero-order valence-electron chi connectivity index (χ0n) is 8.80. The van der Waals surface area contributed by atoms with Crippen LogP contribution in [-0.4, -0.2) is 29.1 Å². The maximum atomic E-state index is 10.9. The third kappa shape index (κ3) is 1.47. The Morgan fingerprint density at radius 1 is 1.44 bits per heavy atom. The van der Waals surface area contributed by atoms with E-state index in [1.165, 1.54) is 0 Å². The van der Waals surface area contributed by atoms with E-state index in [-0.39, 0.29) is 17.9 Å². The molecule has 5 nitrogen and oxygen atoms in total. The molecule has 0 amide bonds. The molecular weight excluding hydrogens is 208 g/mol. The van der Waals surface area contributed by atoms with Crippen LogP contribution in [0.2, 0.25) is 0 Å². The quantitative estimate of drug-likeness (QED) is 0.641. The lowest BCUT2D eigenvalue weighted by Gasteiger charge is -2.40. The van der Waals surface area contributed by atoms with Gasteiger partial charge in [-0.3, -0.25) is 4.84 Å². The van der Waals surface area contributed by atoms with Crippen LogP contribution in [0.25, 0.3) is 0 Å². The Hall–Kier alpha value is -1.20. The summed E-state index contributed by atoms with van der Waals surface area (Å²) < 4.78 is 0. The Labute approximate surface area is 93.2 Å². The van der Waals surface area contributed by atoms with Crippen molar-refractivity contribution in [2.45, 2.75) is 31.5 Å². The molecule has 4 atom stereocenters. The summed E-state index contributed by atoms with van der Waals surface area (Å²) in [5, 5.41) is 8.94. The second kappa shape index (κ2) is 3.68. The standard InChI is InChI=1S/C11H14N2O3/c14-11(15)9-5-7-6-3-1-2-4-8(6)13-16-10(7)12-9/h1-2,6-8,10,13H,3-5H2,(H,14,15). The van der Waals surface area contributed by atoms with Crippen molar-refractivity contribution >= 4 is 11.7 Å². The van der Waals surface area contributed by atoms with Gasteiger partial charge in [0, 0.05) is 18.4 Å². The number of carbonyl (C=O) groups is 1. The van der Waals surface area contributed by atoms with Gasteiger partial charge < -0.3 is 5.11 Å². The maximum absolute atomic E-state index is 10.9. The van der Waals surface area contributed by atoms with Crippen LogP contribution in [0.5, 0.6) is 0 Å². The predicted molar refractivity (Wildman–Crippen MR) is 56.8 cm³/mol. The number of nitrogens with one attached hydrogen (secondary N) is 1. The maximum Gasteiger partial charge on any atom is 0.349 e. The highest BCUT2D eigenvalue weighted by Gasteiger charge is 2.45. The molecule has 16 heavy (non-hydrogen) atoms. The minimum Gasteiger partial charge on any atom is -0.477 e. The van der Waals surface area contributed by atoms with Gasteiger partial charge in [0.15, 0.2) is 6.23 Å². The number of hydroxylamine groups is 1. The van der Waals surface area contributed by atoms with Gasteiger partial charge in [0.25, 0.3) is 0 Å². The van der Waals surface area contributed by atoms with Crippen LogP contribution < -0.4 is 5.48 Å². The molecule has 0 aromatic carbocycles. The third-order valence-corrected chi connectivity index (χ3v) is 3.70. The second-order valence-electron chi connectivity index (χ2n) is 4.59. The zero-order chi connectivity index (χ0) is 11.1. The molecule has 3 aliphatic rings. The number of hydrogen-bond donors (Lipinski definition) is 2. The van der Waals surface area contributed by atoms with Crippen molar-refractivity contribution in [1.29, 1.82) is 0 Å². The fraction of sp³-hybridized carbons (Fsp3) is 0.636. The predicted octanol–water partition coefficient (Wildman–Crippen LogP) is 0.728. The number of fused-ring (bicyclic) bond motifs is 3. The fourth-order valence-corrected chi connectivity index (χ4v) is 2.85. The van der Waals surface area contributed by atoms with Crippen molar-refractivity contribution in [3.63, 3.8) is 0 Å². The van der Waals surface area contributed by atoms with Crippen LogP contribution in [0.15, 0.2) is 17.1 Å². The molecule has 5 heteroatoms. The highest BCUT2D eigenvalue weighted by atomic mass is 16.7. The number of nitrogens with zero attached hydrogens (tertiary/aromatic N) is 1. The first-order valence-corrected chi connectivity index (χ1v) is 5.62. The van der Waals surface area contributed by atoms with Crippen molar-refractivity contribution in [2.24, 2.45) is 16.8 Å². The Morgan fingerprint density at radius 2 is 2.25 bits per heavy atom. The Morgan fingerprint density at radius 3 is 3.06 bits per heavy atom. The van der Waals surface area contributed by atoms with Gasteiger partial charge in [-0.25, -0.2) is 9.79 Å². The van der Waals surface area contributed by atoms with Crippen molar-refractivity contribution in [3.8, 4) is 0 Å². The Bertz CT molecular complexity index is 377. The van der Waals surface area contributed by atoms with Crippen molar-refractivity contribution in [1.82, 2.24) is 5.48 Å². The summed E-state index contributed by atoms with van der Waals surface area (Å²) in [6, 6.07) is 0.314. The van der Waals surface area contributed by atoms with Gasteiger partial charge in [0.1, 0.15) is 5.71 Å². The Kier molecular flexibility index (Phi) is 2.29. The highest BCUT2D eigenvalue weighted by Crippen LogP contribution is 2.39. The number of aliphatic carboxylic acids is 1. The molecule has 4 unspecified atom stereocenters. The van der Waals surface area contributed by atoms with Crippen LogP contribution in [0.1, 0.15) is 19.3 Å². The number of aliphatic imine (C=N–C) groups is 1. The van der Waals surface area contributed by atoms with E-state index < -0.39 is 5.97 Å². The smallest absolute Gasteiger partial charge is 0.349 e. The van der Waals surface area contributed by atoms with Crippen molar-refractivity contribution in [2.75, 3.05) is 0 Å². The van der Waals surface area contributed by atoms with E-state index >= 15 is 0 Å². The molecule has 3 rings (SSSR count). The summed E-state index contributed by atoms with van der Waals surface area (Å²) in [7, 11) is 0. The summed E-state index contributed by atoms with van der Waals surface area (Å²) in [4.78, 5) is 20.4. The van der Waals surface area contributed by atoms with Crippen LogP contribution in [0.4, 0.5) is 0 Å². The summed E-state index contributed by atoms with van der Waals surface area (Å²) >= 11 is 0. The number of rotatable bonds is 1. The van der Waals surface area contributed by atoms with Crippen LogP contribution in [0, 0.1) is 11.8 Å². The molecule has 0 spiro atoms. The molecule has 1 aliphatic carbocycles. The zero-order valence-corrected chi connectivity index (χ0v) is 8.80. The molecule has 0 aromatic rings. The molecule has 1 saturated heterocycles. The van der Waals surface area contributed by atoms with Gasteiger partial charge in [-0.15, -0.1) is 0 Å². The van der Waals surface area contributed by atoms with Gasteiger partial charge in [0.05, 0.1) is 0 Å². The highest BCUT2D eigenvalue weighted by molar-refractivity contribution is 6.36. The monoisotopic (exact) mass is 222 g/mol. The van der Waals surface area contributed by atoms with Crippen molar-refractivity contribution in [3.05, 3.63) is 12.2 Å². The van der Waals surface area contributed by atoms with E-state index in [9.17, 15) is 4.79 Å². The summed E-state index contributed by atoms with van der Waals surface area (Å²) in [6.45, 7) is 0. The minimum atomic E-state index is -0.916. The number of hydrogen-bond acceptors (Lipinski definition) is 4. The van der Waals surface area contributed by atoms with Gasteiger partial charge in [-0.2, -0.15) is 5.48 Å². The Balaban J connectivity index is 1.81. The lowest BCUT2D eigenvalue weighted by molar-refractivity contribution is -0.129. The van der Waals surface area contributed by atoms with Gasteiger partial charge in [0.2, 0.25) is 0 Å². The SMILES string of the molecule is O=C(O)C1=NC2ONC3CC=CCC3C2C1. The molecular formula is C11H14N2O3. The molecule has 2 N–H and O–H groups in total. The number of carboxylic acid groups (broad SMARTS) is 1. The van der Waals surface area contributed by atoms with E-state index in [2.05, 4.69) is 22.6 Å². The summed E-state index contributed by atoms with van der Waals surface area (Å²) in [5.74, 6) is -0.243. The summed E-state index contributed by atoms with van der Waals surface area (Å²) in [6.07, 6.45) is 6.49. The first-order valence-electron chi connectivity index (χ1n) is 5.62. The minimum absolute atomic E-state index is 0.224. The molecule has 0 bridgehead atoms. The largest absolute Gasteiger partial charge is 0.477 e. The van der Waals surface area contributed by atoms with Crippen molar-refractivity contribution < 1.29 is 14.7 Å². The van der Waals surface area contributed by atoms with E-state index in [0.717, 1.165) is 12.8 Å². The van der Waals surface area contributed by atoms with Crippen LogP contribution in [-0.2, 0) is 9.63 Å². The van der Waals surface area contributed by atoms with Gasteiger partial charge in [-0.1, -0.05) is 12.2 Å². The normalized spacial score (nSPS) is 41.1. The molecule has 2 heterocycles. The second-order valence-corrected chi connectivity index (χ2v) is 4.59. The first-order chi connectivity index (χ1) is 7.75. The van der Waals surface area contributed by atoms with E-state index in [1.54, 1.807) is 0 Å². The number of allylic oxidation sites excluding steroid dienone is 1. The summed E-state index contributed by atoms with van der Waals surface area (Å²) in [5.41, 5.74) is 3.26. The van der Waals surface area contributed by atoms with Gasteiger partial charge in [-0.05, 0) is 18.8 Å². The molecule has 0 saturated carbocycles. The first kappa shape index (κ1) is 9.99. The molecule has 0 radical (unpaired) electrons. The average molecular weight is 222 g/mol. The van der Waals surface area contributed by atoms with E-state index in [1.807, 2.05) is 0 Å².